The van der Waals surface area contributed by atoms with Crippen LogP contribution in [0.15, 0.2) is 0 Å². The molecule has 0 spiro atoms. The highest BCUT2D eigenvalue weighted by atomic mass is 16.2. The average molecular weight is 208 g/mol. The van der Waals surface area contributed by atoms with E-state index >= 15 is 0 Å². The summed E-state index contributed by atoms with van der Waals surface area (Å²) in [7, 11) is 1.85. The third-order valence-corrected chi connectivity index (χ3v) is 3.05. The molecule has 82 valence electrons. The van der Waals surface area contributed by atoms with Crippen molar-refractivity contribution in [3.05, 3.63) is 5.82 Å². The van der Waals surface area contributed by atoms with Gasteiger partial charge in [0.2, 0.25) is 11.9 Å². The molecule has 1 fully saturated rings. The van der Waals surface area contributed by atoms with Gasteiger partial charge in [0.25, 0.3) is 0 Å². The van der Waals surface area contributed by atoms with Gasteiger partial charge in [-0.15, -0.1) is 10.2 Å². The third kappa shape index (κ3) is 2.00. The molecular weight excluding hydrogens is 192 g/mol. The Kier molecular flexibility index (Phi) is 2.70. The van der Waals surface area contributed by atoms with Crippen molar-refractivity contribution < 1.29 is 4.79 Å². The Balaban J connectivity index is 2.02. The van der Waals surface area contributed by atoms with Crippen LogP contribution in [-0.2, 0) is 11.8 Å². The fourth-order valence-corrected chi connectivity index (χ4v) is 1.92. The molecule has 1 amide bonds. The van der Waals surface area contributed by atoms with Crippen LogP contribution in [0.25, 0.3) is 0 Å². The summed E-state index contributed by atoms with van der Waals surface area (Å²) in [5.74, 6) is 1.60. The molecule has 1 aromatic rings. The topological polar surface area (TPSA) is 59.8 Å². The first-order valence-electron chi connectivity index (χ1n) is 5.35. The first-order valence-corrected chi connectivity index (χ1v) is 5.35. The summed E-state index contributed by atoms with van der Waals surface area (Å²) in [5.41, 5.74) is 0. The minimum atomic E-state index is 0.0861. The lowest BCUT2D eigenvalue weighted by molar-refractivity contribution is -0.119. The Bertz CT molecular complexity index is 365. The molecule has 5 heteroatoms. The van der Waals surface area contributed by atoms with Crippen LogP contribution >= 0.6 is 0 Å². The van der Waals surface area contributed by atoms with Crippen LogP contribution in [0.1, 0.15) is 31.5 Å². The fourth-order valence-electron chi connectivity index (χ4n) is 1.92. The third-order valence-electron chi connectivity index (χ3n) is 3.05. The van der Waals surface area contributed by atoms with Gasteiger partial charge in [0, 0.05) is 13.0 Å². The summed E-state index contributed by atoms with van der Waals surface area (Å²) >= 11 is 0. The zero-order valence-corrected chi connectivity index (χ0v) is 9.16. The molecule has 0 atom stereocenters. The number of nitrogens with zero attached hydrogens (tertiary/aromatic N) is 3. The van der Waals surface area contributed by atoms with Crippen molar-refractivity contribution in [2.75, 3.05) is 5.32 Å². The molecule has 1 saturated carbocycles. The largest absolute Gasteiger partial charge is 0.300 e. The van der Waals surface area contributed by atoms with E-state index < -0.39 is 0 Å². The predicted octanol–water partition coefficient (Wildman–Crippen LogP) is 1.25. The Labute approximate surface area is 88.9 Å². The number of hydrogen-bond donors (Lipinski definition) is 1. The molecule has 1 heterocycles. The summed E-state index contributed by atoms with van der Waals surface area (Å²) in [6, 6.07) is 0. The van der Waals surface area contributed by atoms with Crippen LogP contribution in [0, 0.1) is 12.8 Å². The maximum Gasteiger partial charge on any atom is 0.230 e. The maximum absolute atomic E-state index is 11.8. The van der Waals surface area contributed by atoms with Gasteiger partial charge in [-0.2, -0.15) is 0 Å². The zero-order chi connectivity index (χ0) is 10.8. The van der Waals surface area contributed by atoms with E-state index in [0.29, 0.717) is 5.95 Å². The summed E-state index contributed by atoms with van der Waals surface area (Å²) in [4.78, 5) is 11.8. The Morgan fingerprint density at radius 1 is 1.40 bits per heavy atom. The summed E-state index contributed by atoms with van der Waals surface area (Å²) in [6.45, 7) is 1.86. The number of anilines is 1. The van der Waals surface area contributed by atoms with Gasteiger partial charge in [-0.3, -0.25) is 10.1 Å². The van der Waals surface area contributed by atoms with Crippen molar-refractivity contribution in [3.8, 4) is 0 Å². The van der Waals surface area contributed by atoms with Gasteiger partial charge in [0.1, 0.15) is 5.82 Å². The van der Waals surface area contributed by atoms with Crippen molar-refractivity contribution in [1.29, 1.82) is 0 Å². The van der Waals surface area contributed by atoms with Gasteiger partial charge >= 0.3 is 0 Å². The van der Waals surface area contributed by atoms with Gasteiger partial charge in [-0.05, 0) is 19.8 Å². The molecule has 0 aromatic carbocycles. The van der Waals surface area contributed by atoms with E-state index in [0.717, 1.165) is 31.5 Å². The number of carbonyl (C=O) groups excluding carboxylic acids is 1. The number of rotatable bonds is 2. The monoisotopic (exact) mass is 208 g/mol. The number of aromatic nitrogens is 3. The van der Waals surface area contributed by atoms with Gasteiger partial charge < -0.3 is 4.57 Å². The van der Waals surface area contributed by atoms with Gasteiger partial charge in [-0.1, -0.05) is 12.8 Å². The second-order valence-electron chi connectivity index (χ2n) is 4.10. The highest BCUT2D eigenvalue weighted by Crippen LogP contribution is 2.25. The summed E-state index contributed by atoms with van der Waals surface area (Å²) in [6.07, 6.45) is 4.33. The first-order chi connectivity index (χ1) is 7.18. The Hall–Kier alpha value is -1.39. The molecule has 0 unspecified atom stereocenters. The van der Waals surface area contributed by atoms with E-state index in [1.165, 1.54) is 0 Å². The number of aryl methyl sites for hydroxylation is 1. The summed E-state index contributed by atoms with van der Waals surface area (Å²) < 4.78 is 1.78. The van der Waals surface area contributed by atoms with Gasteiger partial charge in [0.15, 0.2) is 0 Å². The number of hydrogen-bond acceptors (Lipinski definition) is 3. The number of amides is 1. The van der Waals surface area contributed by atoms with E-state index in [9.17, 15) is 4.79 Å². The van der Waals surface area contributed by atoms with Gasteiger partial charge in [0.05, 0.1) is 0 Å². The molecule has 15 heavy (non-hydrogen) atoms. The normalized spacial score (nSPS) is 16.9. The predicted molar refractivity (Wildman–Crippen MR) is 56.3 cm³/mol. The SMILES string of the molecule is Cc1nnc(NC(=O)C2CCCC2)n1C. The molecule has 1 aliphatic rings. The lowest BCUT2D eigenvalue weighted by Crippen LogP contribution is -2.22. The second-order valence-corrected chi connectivity index (χ2v) is 4.10. The molecule has 2 rings (SSSR count). The van der Waals surface area contributed by atoms with Crippen molar-refractivity contribution in [1.82, 2.24) is 14.8 Å². The van der Waals surface area contributed by atoms with Crippen molar-refractivity contribution in [3.63, 3.8) is 0 Å². The van der Waals surface area contributed by atoms with Crippen molar-refractivity contribution in [2.45, 2.75) is 32.6 Å². The molecular formula is C10H16N4O. The molecule has 0 saturated heterocycles. The Morgan fingerprint density at radius 2 is 2.07 bits per heavy atom. The maximum atomic E-state index is 11.8. The number of carbonyl (C=O) groups is 1. The van der Waals surface area contributed by atoms with Crippen LogP contribution < -0.4 is 5.32 Å². The fraction of sp³-hybridized carbons (Fsp3) is 0.700. The summed E-state index contributed by atoms with van der Waals surface area (Å²) in [5, 5.41) is 10.6. The smallest absolute Gasteiger partial charge is 0.230 e. The first kappa shape index (κ1) is 10.1. The van der Waals surface area contributed by atoms with Crippen LogP contribution in [0.4, 0.5) is 5.95 Å². The molecule has 5 nitrogen and oxygen atoms in total. The molecule has 1 aromatic heterocycles. The minimum Gasteiger partial charge on any atom is -0.300 e. The molecule has 1 N–H and O–H groups in total. The zero-order valence-electron chi connectivity index (χ0n) is 9.16. The van der Waals surface area contributed by atoms with Crippen LogP contribution in [0.5, 0.6) is 0 Å². The Morgan fingerprint density at radius 3 is 2.60 bits per heavy atom. The molecule has 0 radical (unpaired) electrons. The van der Waals surface area contributed by atoms with Gasteiger partial charge in [-0.25, -0.2) is 0 Å². The second kappa shape index (κ2) is 4.00. The van der Waals surface area contributed by atoms with E-state index in [-0.39, 0.29) is 11.8 Å². The van der Waals surface area contributed by atoms with E-state index in [1.807, 2.05) is 14.0 Å². The molecule has 0 aliphatic heterocycles. The van der Waals surface area contributed by atoms with Crippen LogP contribution in [0.3, 0.4) is 0 Å². The van der Waals surface area contributed by atoms with E-state index in [4.69, 9.17) is 0 Å². The highest BCUT2D eigenvalue weighted by molar-refractivity contribution is 5.91. The lowest BCUT2D eigenvalue weighted by Gasteiger charge is -2.09. The quantitative estimate of drug-likeness (QED) is 0.795. The molecule has 0 bridgehead atoms. The highest BCUT2D eigenvalue weighted by Gasteiger charge is 2.23. The average Bonchev–Trinajstić information content (AvgIpc) is 2.83. The van der Waals surface area contributed by atoms with Crippen molar-refractivity contribution >= 4 is 11.9 Å². The van der Waals surface area contributed by atoms with E-state index in [2.05, 4.69) is 15.5 Å². The van der Waals surface area contributed by atoms with Crippen LogP contribution in [0.2, 0.25) is 0 Å². The standard InChI is InChI=1S/C10H16N4O/c1-7-12-13-10(14(7)2)11-9(15)8-5-3-4-6-8/h8H,3-6H2,1-2H3,(H,11,13,15). The molecule has 1 aliphatic carbocycles. The van der Waals surface area contributed by atoms with E-state index in [1.54, 1.807) is 4.57 Å². The lowest BCUT2D eigenvalue weighted by atomic mass is 10.1. The van der Waals surface area contributed by atoms with Crippen molar-refractivity contribution in [2.24, 2.45) is 13.0 Å². The minimum absolute atomic E-state index is 0.0861. The number of nitrogens with one attached hydrogen (secondary N) is 1. The van der Waals surface area contributed by atoms with Crippen LogP contribution in [-0.4, -0.2) is 20.7 Å².